The van der Waals surface area contributed by atoms with E-state index < -0.39 is 28.9 Å². The van der Waals surface area contributed by atoms with Crippen LogP contribution < -0.4 is 0 Å². The Kier molecular flexibility index (Phi) is 3.02. The summed E-state index contributed by atoms with van der Waals surface area (Å²) in [7, 11) is 0. The van der Waals surface area contributed by atoms with Gasteiger partial charge in [0, 0.05) is 21.7 Å². The van der Waals surface area contributed by atoms with Gasteiger partial charge in [-0.15, -0.1) is 0 Å². The molecule has 2 aromatic carbocycles. The van der Waals surface area contributed by atoms with E-state index in [2.05, 4.69) is 0 Å². The Morgan fingerprint density at radius 3 is 2.36 bits per heavy atom. The van der Waals surface area contributed by atoms with E-state index in [1.807, 2.05) is 0 Å². The lowest BCUT2D eigenvalue weighted by molar-refractivity contribution is -0.246. The van der Waals surface area contributed by atoms with Gasteiger partial charge in [-0.3, -0.25) is 0 Å². The second-order valence-corrected chi connectivity index (χ2v) is 5.35. The van der Waals surface area contributed by atoms with Crippen LogP contribution in [0, 0.1) is 0 Å². The van der Waals surface area contributed by atoms with Crippen LogP contribution in [0.2, 0.25) is 5.02 Å². The molecule has 3 rings (SSSR count). The zero-order valence-corrected chi connectivity index (χ0v) is 11.5. The highest BCUT2D eigenvalue weighted by Crippen LogP contribution is 2.56. The Labute approximate surface area is 127 Å². The first-order valence-corrected chi connectivity index (χ1v) is 6.52. The Balaban J connectivity index is 2.45. The number of aliphatic hydroxyl groups is 1. The molecule has 0 saturated heterocycles. The van der Waals surface area contributed by atoms with Gasteiger partial charge in [-0.05, 0) is 17.7 Å². The molecule has 114 valence electrons. The van der Waals surface area contributed by atoms with Gasteiger partial charge in [0.15, 0.2) is 0 Å². The van der Waals surface area contributed by atoms with Crippen LogP contribution >= 0.6 is 11.6 Å². The van der Waals surface area contributed by atoms with Gasteiger partial charge in [0.2, 0.25) is 5.60 Å². The molecule has 0 heterocycles. The molecular weight excluding hydrogens is 321 g/mol. The van der Waals surface area contributed by atoms with Crippen LogP contribution in [0.1, 0.15) is 21.5 Å². The second-order valence-electron chi connectivity index (χ2n) is 4.94. The van der Waals surface area contributed by atoms with Crippen molar-refractivity contribution in [2.24, 2.45) is 0 Å². The number of halogens is 4. The highest BCUT2D eigenvalue weighted by molar-refractivity contribution is 6.34. The number of aromatic carboxylic acids is 1. The van der Waals surface area contributed by atoms with Gasteiger partial charge >= 0.3 is 12.1 Å². The summed E-state index contributed by atoms with van der Waals surface area (Å²) in [6, 6.07) is 7.34. The first-order valence-electron chi connectivity index (χ1n) is 6.14. The topological polar surface area (TPSA) is 57.5 Å². The number of benzene rings is 2. The number of alkyl halides is 3. The first kappa shape index (κ1) is 14.9. The zero-order valence-electron chi connectivity index (χ0n) is 10.8. The van der Waals surface area contributed by atoms with Crippen molar-refractivity contribution in [2.45, 2.75) is 11.8 Å². The molecule has 1 aliphatic carbocycles. The smallest absolute Gasteiger partial charge is 0.425 e. The molecule has 0 aliphatic heterocycles. The van der Waals surface area contributed by atoms with E-state index in [0.29, 0.717) is 0 Å². The minimum atomic E-state index is -5.02. The minimum absolute atomic E-state index is 0.00194. The van der Waals surface area contributed by atoms with Crippen LogP contribution in [0.15, 0.2) is 36.4 Å². The molecule has 2 aromatic rings. The normalized spacial score (nSPS) is 19.7. The van der Waals surface area contributed by atoms with Crippen molar-refractivity contribution < 1.29 is 28.2 Å². The van der Waals surface area contributed by atoms with Crippen LogP contribution in [-0.4, -0.2) is 22.4 Å². The van der Waals surface area contributed by atoms with E-state index in [-0.39, 0.29) is 21.7 Å². The van der Waals surface area contributed by atoms with Crippen molar-refractivity contribution in [3.8, 4) is 11.1 Å². The van der Waals surface area contributed by atoms with E-state index in [0.717, 1.165) is 18.2 Å². The van der Waals surface area contributed by atoms with Crippen molar-refractivity contribution >= 4 is 17.6 Å². The first-order chi connectivity index (χ1) is 10.2. The number of hydrogen-bond acceptors (Lipinski definition) is 2. The summed E-state index contributed by atoms with van der Waals surface area (Å²) in [5, 5.41) is 19.2. The second kappa shape index (κ2) is 4.47. The van der Waals surface area contributed by atoms with Gasteiger partial charge in [-0.25, -0.2) is 4.79 Å². The van der Waals surface area contributed by atoms with Crippen LogP contribution in [0.25, 0.3) is 11.1 Å². The molecule has 3 nitrogen and oxygen atoms in total. The standard InChI is InChI=1S/C15H8ClF3O3/c16-11-6-7(13(20)21)5-10-12(11)8-3-1-2-4-9(8)14(10,22)15(17,18)19/h1-6,22H,(H,20,21)/t14-/m1/s1. The number of carboxylic acid groups (broad SMARTS) is 1. The fourth-order valence-corrected chi connectivity index (χ4v) is 3.08. The molecule has 0 unspecified atom stereocenters. The highest BCUT2D eigenvalue weighted by Gasteiger charge is 2.61. The molecule has 1 atom stereocenters. The zero-order chi connectivity index (χ0) is 16.3. The Bertz CT molecular complexity index is 801. The molecule has 0 bridgehead atoms. The lowest BCUT2D eigenvalue weighted by Gasteiger charge is -2.28. The average molecular weight is 329 g/mol. The van der Waals surface area contributed by atoms with E-state index >= 15 is 0 Å². The summed E-state index contributed by atoms with van der Waals surface area (Å²) in [5.41, 5.74) is -4.48. The van der Waals surface area contributed by atoms with Gasteiger partial charge < -0.3 is 10.2 Å². The number of rotatable bonds is 1. The van der Waals surface area contributed by atoms with Gasteiger partial charge in [0.1, 0.15) is 0 Å². The van der Waals surface area contributed by atoms with Crippen molar-refractivity contribution in [1.29, 1.82) is 0 Å². The molecule has 0 aromatic heterocycles. The predicted molar refractivity (Wildman–Crippen MR) is 72.9 cm³/mol. The predicted octanol–water partition coefficient (Wildman–Crippen LogP) is 3.82. The Hall–Kier alpha value is -2.05. The molecule has 22 heavy (non-hydrogen) atoms. The van der Waals surface area contributed by atoms with E-state index in [4.69, 9.17) is 16.7 Å². The molecule has 0 spiro atoms. The molecule has 0 fully saturated rings. The Morgan fingerprint density at radius 1 is 1.14 bits per heavy atom. The molecule has 0 amide bonds. The summed E-state index contributed by atoms with van der Waals surface area (Å²) in [4.78, 5) is 11.1. The minimum Gasteiger partial charge on any atom is -0.478 e. The van der Waals surface area contributed by atoms with Gasteiger partial charge in [0.25, 0.3) is 0 Å². The molecule has 7 heteroatoms. The summed E-state index contributed by atoms with van der Waals surface area (Å²) in [6.07, 6.45) is -5.02. The largest absolute Gasteiger partial charge is 0.478 e. The van der Waals surface area contributed by atoms with Gasteiger partial charge in [-0.2, -0.15) is 13.2 Å². The third kappa shape index (κ3) is 1.77. The van der Waals surface area contributed by atoms with Crippen LogP contribution in [-0.2, 0) is 5.60 Å². The van der Waals surface area contributed by atoms with Crippen LogP contribution in [0.3, 0.4) is 0 Å². The number of fused-ring (bicyclic) bond motifs is 3. The third-order valence-corrected chi connectivity index (χ3v) is 4.02. The highest BCUT2D eigenvalue weighted by atomic mass is 35.5. The van der Waals surface area contributed by atoms with Gasteiger partial charge in [0.05, 0.1) is 5.56 Å². The SMILES string of the molecule is O=C(O)c1cc(Cl)c2c(c1)[C@@](O)(C(F)(F)F)c1ccccc1-2. The molecule has 0 radical (unpaired) electrons. The summed E-state index contributed by atoms with van der Waals surface area (Å²) in [6.45, 7) is 0. The maximum atomic E-state index is 13.5. The van der Waals surface area contributed by atoms with Crippen LogP contribution in [0.4, 0.5) is 13.2 Å². The number of carboxylic acids is 1. The maximum absolute atomic E-state index is 13.5. The van der Waals surface area contributed by atoms with Crippen molar-refractivity contribution in [2.75, 3.05) is 0 Å². The number of carbonyl (C=O) groups is 1. The molecular formula is C15H8ClF3O3. The lowest BCUT2D eigenvalue weighted by Crippen LogP contribution is -2.41. The van der Waals surface area contributed by atoms with Gasteiger partial charge in [-0.1, -0.05) is 35.9 Å². The van der Waals surface area contributed by atoms with Crippen molar-refractivity contribution in [3.63, 3.8) is 0 Å². The van der Waals surface area contributed by atoms with E-state index in [1.54, 1.807) is 0 Å². The number of hydrogen-bond donors (Lipinski definition) is 2. The quantitative estimate of drug-likeness (QED) is 0.836. The van der Waals surface area contributed by atoms with E-state index in [9.17, 15) is 23.1 Å². The monoisotopic (exact) mass is 328 g/mol. The fraction of sp³-hybridized carbons (Fsp3) is 0.133. The average Bonchev–Trinajstić information content (AvgIpc) is 2.70. The fourth-order valence-electron chi connectivity index (χ4n) is 2.76. The Morgan fingerprint density at radius 2 is 1.77 bits per heavy atom. The van der Waals surface area contributed by atoms with E-state index in [1.165, 1.54) is 18.2 Å². The summed E-state index contributed by atoms with van der Waals surface area (Å²) in [5.74, 6) is -1.43. The maximum Gasteiger partial charge on any atom is 0.425 e. The van der Waals surface area contributed by atoms with Crippen molar-refractivity contribution in [3.05, 3.63) is 58.1 Å². The molecule has 2 N–H and O–H groups in total. The summed E-state index contributed by atoms with van der Waals surface area (Å²) >= 11 is 5.98. The summed E-state index contributed by atoms with van der Waals surface area (Å²) < 4.78 is 40.6. The third-order valence-electron chi connectivity index (χ3n) is 3.72. The molecule has 0 saturated carbocycles. The van der Waals surface area contributed by atoms with Crippen molar-refractivity contribution in [1.82, 2.24) is 0 Å². The molecule has 1 aliphatic rings. The van der Waals surface area contributed by atoms with Crippen LogP contribution in [0.5, 0.6) is 0 Å². The lowest BCUT2D eigenvalue weighted by atomic mass is 9.90.